The van der Waals surface area contributed by atoms with Crippen molar-refractivity contribution in [2.45, 2.75) is 44.2 Å². The number of piperidine rings is 1. The summed E-state index contributed by atoms with van der Waals surface area (Å²) < 4.78 is 0. The van der Waals surface area contributed by atoms with Gasteiger partial charge in [0.15, 0.2) is 0 Å². The Kier molecular flexibility index (Phi) is 4.08. The molecular formula is C14H20ClNO. The van der Waals surface area contributed by atoms with Gasteiger partial charge in [-0.3, -0.25) is 0 Å². The van der Waals surface area contributed by atoms with E-state index in [2.05, 4.69) is 5.32 Å². The van der Waals surface area contributed by atoms with Crippen LogP contribution in [0, 0.1) is 0 Å². The molecule has 1 fully saturated rings. The zero-order valence-corrected chi connectivity index (χ0v) is 11.0. The van der Waals surface area contributed by atoms with Crippen LogP contribution in [0.4, 0.5) is 0 Å². The first kappa shape index (κ1) is 12.9. The van der Waals surface area contributed by atoms with Crippen LogP contribution in [0.2, 0.25) is 5.02 Å². The molecule has 2 nitrogen and oxygen atoms in total. The van der Waals surface area contributed by atoms with Crippen molar-refractivity contribution in [3.8, 4) is 0 Å². The lowest BCUT2D eigenvalue weighted by Gasteiger charge is -2.32. The van der Waals surface area contributed by atoms with Gasteiger partial charge in [-0.05, 0) is 50.4 Å². The van der Waals surface area contributed by atoms with Crippen molar-refractivity contribution in [3.05, 3.63) is 34.9 Å². The van der Waals surface area contributed by atoms with Gasteiger partial charge in [-0.1, -0.05) is 30.2 Å². The average Bonchev–Trinajstić information content (AvgIpc) is 2.30. The van der Waals surface area contributed by atoms with Crippen LogP contribution >= 0.6 is 11.6 Å². The van der Waals surface area contributed by atoms with E-state index in [0.717, 1.165) is 24.9 Å². The van der Waals surface area contributed by atoms with Gasteiger partial charge >= 0.3 is 0 Å². The maximum atomic E-state index is 10.6. The number of nitrogens with one attached hydrogen (secondary N) is 1. The molecule has 1 aromatic carbocycles. The molecule has 0 amide bonds. The largest absolute Gasteiger partial charge is 0.385 e. The van der Waals surface area contributed by atoms with E-state index < -0.39 is 5.60 Å². The smallest absolute Gasteiger partial charge is 0.0883 e. The molecule has 17 heavy (non-hydrogen) atoms. The molecule has 1 saturated heterocycles. The van der Waals surface area contributed by atoms with E-state index in [-0.39, 0.29) is 0 Å². The lowest BCUT2D eigenvalue weighted by Crippen LogP contribution is -2.39. The Balaban J connectivity index is 2.06. The fraction of sp³-hybridized carbons (Fsp3) is 0.571. The fourth-order valence-corrected chi connectivity index (χ4v) is 2.71. The fourth-order valence-electron chi connectivity index (χ4n) is 2.52. The van der Waals surface area contributed by atoms with Gasteiger partial charge in [-0.15, -0.1) is 0 Å². The molecule has 2 rings (SSSR count). The Morgan fingerprint density at radius 3 is 2.94 bits per heavy atom. The zero-order chi connectivity index (χ0) is 12.3. The molecule has 2 atom stereocenters. The van der Waals surface area contributed by atoms with Crippen LogP contribution < -0.4 is 5.32 Å². The lowest BCUT2D eigenvalue weighted by atomic mass is 9.86. The average molecular weight is 254 g/mol. The Morgan fingerprint density at radius 2 is 2.29 bits per heavy atom. The number of hydrogen-bond donors (Lipinski definition) is 2. The maximum Gasteiger partial charge on any atom is 0.0883 e. The standard InChI is InChI=1S/C14H20ClNO/c1-14(17,10-13-7-2-3-8-16-13)11-5-4-6-12(15)9-11/h4-6,9,13,16-17H,2-3,7-8,10H2,1H3. The molecule has 1 heterocycles. The van der Waals surface area contributed by atoms with Crippen molar-refractivity contribution in [2.75, 3.05) is 6.54 Å². The van der Waals surface area contributed by atoms with Crippen LogP contribution in [0.1, 0.15) is 38.2 Å². The maximum absolute atomic E-state index is 10.6. The Bertz CT molecular complexity index is 372. The number of benzene rings is 1. The van der Waals surface area contributed by atoms with Gasteiger partial charge in [0.05, 0.1) is 5.60 Å². The Morgan fingerprint density at radius 1 is 1.47 bits per heavy atom. The van der Waals surface area contributed by atoms with E-state index in [1.165, 1.54) is 12.8 Å². The van der Waals surface area contributed by atoms with E-state index in [0.29, 0.717) is 11.1 Å². The zero-order valence-electron chi connectivity index (χ0n) is 10.2. The van der Waals surface area contributed by atoms with Crippen molar-refractivity contribution >= 4 is 11.6 Å². The third kappa shape index (κ3) is 3.44. The topological polar surface area (TPSA) is 32.3 Å². The molecule has 0 spiro atoms. The summed E-state index contributed by atoms with van der Waals surface area (Å²) in [5, 5.41) is 14.7. The molecule has 3 heteroatoms. The predicted molar refractivity (Wildman–Crippen MR) is 71.3 cm³/mol. The number of aliphatic hydroxyl groups is 1. The van der Waals surface area contributed by atoms with E-state index in [4.69, 9.17) is 11.6 Å². The lowest BCUT2D eigenvalue weighted by molar-refractivity contribution is 0.0332. The molecule has 1 aliphatic heterocycles. The summed E-state index contributed by atoms with van der Waals surface area (Å²) in [6, 6.07) is 7.93. The molecule has 0 saturated carbocycles. The highest BCUT2D eigenvalue weighted by Crippen LogP contribution is 2.29. The quantitative estimate of drug-likeness (QED) is 0.868. The first-order valence-electron chi connectivity index (χ1n) is 6.30. The molecule has 94 valence electrons. The van der Waals surface area contributed by atoms with Crippen LogP contribution in [0.15, 0.2) is 24.3 Å². The Labute approximate surface area is 108 Å². The van der Waals surface area contributed by atoms with Crippen molar-refractivity contribution < 1.29 is 5.11 Å². The van der Waals surface area contributed by atoms with Crippen LogP contribution in [0.25, 0.3) is 0 Å². The highest BCUT2D eigenvalue weighted by Gasteiger charge is 2.28. The summed E-state index contributed by atoms with van der Waals surface area (Å²) in [6.45, 7) is 2.94. The van der Waals surface area contributed by atoms with Gasteiger partial charge in [0.25, 0.3) is 0 Å². The minimum atomic E-state index is -0.806. The molecule has 0 radical (unpaired) electrons. The summed E-state index contributed by atoms with van der Waals surface area (Å²) >= 11 is 5.97. The molecule has 1 aromatic rings. The van der Waals surface area contributed by atoms with Gasteiger partial charge in [0.2, 0.25) is 0 Å². The van der Waals surface area contributed by atoms with Crippen molar-refractivity contribution in [1.82, 2.24) is 5.32 Å². The van der Waals surface area contributed by atoms with Gasteiger partial charge in [0.1, 0.15) is 0 Å². The third-order valence-electron chi connectivity index (χ3n) is 3.50. The van der Waals surface area contributed by atoms with E-state index in [9.17, 15) is 5.11 Å². The Hall–Kier alpha value is -0.570. The predicted octanol–water partition coefficient (Wildman–Crippen LogP) is 3.08. The first-order chi connectivity index (χ1) is 8.08. The number of hydrogen-bond acceptors (Lipinski definition) is 2. The third-order valence-corrected chi connectivity index (χ3v) is 3.74. The van der Waals surface area contributed by atoms with E-state index >= 15 is 0 Å². The van der Waals surface area contributed by atoms with Gasteiger partial charge < -0.3 is 10.4 Å². The van der Waals surface area contributed by atoms with Crippen molar-refractivity contribution in [1.29, 1.82) is 0 Å². The second kappa shape index (κ2) is 5.38. The number of rotatable bonds is 3. The normalized spacial score (nSPS) is 24.3. The van der Waals surface area contributed by atoms with E-state index in [1.54, 1.807) is 0 Å². The van der Waals surface area contributed by atoms with Gasteiger partial charge in [-0.2, -0.15) is 0 Å². The minimum absolute atomic E-state index is 0.415. The van der Waals surface area contributed by atoms with Gasteiger partial charge in [-0.25, -0.2) is 0 Å². The van der Waals surface area contributed by atoms with Crippen LogP contribution in [-0.4, -0.2) is 17.7 Å². The summed E-state index contributed by atoms with van der Waals surface area (Å²) in [5.74, 6) is 0. The molecule has 0 aromatic heterocycles. The SMILES string of the molecule is CC(O)(CC1CCCCN1)c1cccc(Cl)c1. The first-order valence-corrected chi connectivity index (χ1v) is 6.67. The summed E-state index contributed by atoms with van der Waals surface area (Å²) in [4.78, 5) is 0. The molecular weight excluding hydrogens is 234 g/mol. The minimum Gasteiger partial charge on any atom is -0.385 e. The van der Waals surface area contributed by atoms with Crippen molar-refractivity contribution in [2.24, 2.45) is 0 Å². The second-order valence-corrected chi connectivity index (χ2v) is 5.57. The summed E-state index contributed by atoms with van der Waals surface area (Å²) in [7, 11) is 0. The molecule has 2 N–H and O–H groups in total. The molecule has 0 aliphatic carbocycles. The van der Waals surface area contributed by atoms with Crippen LogP contribution in [0.3, 0.4) is 0 Å². The molecule has 2 unspecified atom stereocenters. The summed E-state index contributed by atoms with van der Waals surface area (Å²) in [5.41, 5.74) is 0.0947. The van der Waals surface area contributed by atoms with Crippen LogP contribution in [0.5, 0.6) is 0 Å². The highest BCUT2D eigenvalue weighted by atomic mass is 35.5. The second-order valence-electron chi connectivity index (χ2n) is 5.14. The summed E-state index contributed by atoms with van der Waals surface area (Å²) in [6.07, 6.45) is 4.39. The molecule has 1 aliphatic rings. The highest BCUT2D eigenvalue weighted by molar-refractivity contribution is 6.30. The van der Waals surface area contributed by atoms with E-state index in [1.807, 2.05) is 31.2 Å². The number of halogens is 1. The van der Waals surface area contributed by atoms with Gasteiger partial charge in [0, 0.05) is 11.1 Å². The monoisotopic (exact) mass is 253 g/mol. The van der Waals surface area contributed by atoms with Crippen molar-refractivity contribution in [3.63, 3.8) is 0 Å². The van der Waals surface area contributed by atoms with Crippen LogP contribution in [-0.2, 0) is 5.60 Å². The molecule has 0 bridgehead atoms.